The number of unbranched alkanes of at least 4 members (excludes halogenated alkanes) is 2. The summed E-state index contributed by atoms with van der Waals surface area (Å²) >= 11 is 0. The summed E-state index contributed by atoms with van der Waals surface area (Å²) in [6, 6.07) is 0. The van der Waals surface area contributed by atoms with Crippen LogP contribution in [-0.2, 0) is 4.74 Å². The fourth-order valence-electron chi connectivity index (χ4n) is 1.66. The van der Waals surface area contributed by atoms with E-state index in [-0.39, 0.29) is 6.10 Å². The molecule has 0 bridgehead atoms. The maximum absolute atomic E-state index is 10.1. The maximum atomic E-state index is 10.1. The lowest BCUT2D eigenvalue weighted by atomic mass is 9.94. The van der Waals surface area contributed by atoms with E-state index in [0.29, 0.717) is 6.42 Å². The largest absolute Gasteiger partial charge is 0.389 e. The first-order valence-corrected chi connectivity index (χ1v) is 6.85. The van der Waals surface area contributed by atoms with E-state index in [4.69, 9.17) is 4.74 Å². The molecule has 1 atom stereocenters. The third-order valence-corrected chi connectivity index (χ3v) is 3.35. The van der Waals surface area contributed by atoms with E-state index in [1.165, 1.54) is 12.8 Å². The first-order chi connectivity index (χ1) is 8.11. The van der Waals surface area contributed by atoms with Crippen molar-refractivity contribution in [3.05, 3.63) is 0 Å². The molecule has 0 heterocycles. The molecule has 0 aliphatic carbocycles. The Morgan fingerprint density at radius 1 is 1.18 bits per heavy atom. The fourth-order valence-corrected chi connectivity index (χ4v) is 1.66. The number of hydrogen-bond donors (Lipinski definition) is 1. The first-order valence-electron chi connectivity index (χ1n) is 6.85. The Balaban J connectivity index is 4.10. The van der Waals surface area contributed by atoms with Crippen molar-refractivity contribution in [2.75, 3.05) is 7.11 Å². The molecule has 2 heteroatoms. The molecule has 0 saturated carbocycles. The highest BCUT2D eigenvalue weighted by Crippen LogP contribution is 2.18. The van der Waals surface area contributed by atoms with Crippen molar-refractivity contribution in [3.8, 4) is 11.8 Å². The van der Waals surface area contributed by atoms with Crippen molar-refractivity contribution >= 4 is 0 Å². The molecule has 0 radical (unpaired) electrons. The lowest BCUT2D eigenvalue weighted by Gasteiger charge is -2.22. The van der Waals surface area contributed by atoms with E-state index < -0.39 is 5.60 Å². The van der Waals surface area contributed by atoms with E-state index in [2.05, 4.69) is 18.8 Å². The van der Waals surface area contributed by atoms with Gasteiger partial charge in [-0.2, -0.15) is 0 Å². The predicted molar refractivity (Wildman–Crippen MR) is 72.9 cm³/mol. The van der Waals surface area contributed by atoms with Crippen LogP contribution in [0.25, 0.3) is 0 Å². The minimum absolute atomic E-state index is 0.0273. The summed E-state index contributed by atoms with van der Waals surface area (Å²) in [6.07, 6.45) is 6.69. The topological polar surface area (TPSA) is 29.5 Å². The molecule has 100 valence electrons. The van der Waals surface area contributed by atoms with Crippen LogP contribution in [0.2, 0.25) is 0 Å². The van der Waals surface area contributed by atoms with E-state index in [0.717, 1.165) is 25.7 Å². The van der Waals surface area contributed by atoms with Crippen LogP contribution in [0.15, 0.2) is 0 Å². The summed E-state index contributed by atoms with van der Waals surface area (Å²) in [5.41, 5.74) is -0.616. The zero-order valence-corrected chi connectivity index (χ0v) is 11.9. The third-order valence-electron chi connectivity index (χ3n) is 3.35. The van der Waals surface area contributed by atoms with Crippen molar-refractivity contribution in [2.45, 2.75) is 77.4 Å². The van der Waals surface area contributed by atoms with Gasteiger partial charge in [-0.15, -0.1) is 0 Å². The quantitative estimate of drug-likeness (QED) is 0.519. The van der Waals surface area contributed by atoms with Gasteiger partial charge in [-0.1, -0.05) is 45.5 Å². The van der Waals surface area contributed by atoms with Crippen molar-refractivity contribution in [1.29, 1.82) is 0 Å². The summed E-state index contributed by atoms with van der Waals surface area (Å²) in [6.45, 7) is 6.19. The molecule has 17 heavy (non-hydrogen) atoms. The van der Waals surface area contributed by atoms with Gasteiger partial charge in [-0.3, -0.25) is 0 Å². The van der Waals surface area contributed by atoms with Crippen molar-refractivity contribution in [2.24, 2.45) is 0 Å². The number of aliphatic hydroxyl groups is 1. The minimum atomic E-state index is -0.616. The normalized spacial score (nSPS) is 13.0. The standard InChI is InChI=1S/C15H28O2/c1-5-8-9-11-14(17-4)12-10-13-15(16,6-2)7-3/h14,16H,5-9,11,13H2,1-4H3. The van der Waals surface area contributed by atoms with Gasteiger partial charge in [0, 0.05) is 13.5 Å². The lowest BCUT2D eigenvalue weighted by molar-refractivity contribution is 0.0373. The molecule has 1 unspecified atom stereocenters. The Kier molecular flexibility index (Phi) is 9.21. The molecule has 0 rings (SSSR count). The summed E-state index contributed by atoms with van der Waals surface area (Å²) in [4.78, 5) is 0. The second-order valence-corrected chi connectivity index (χ2v) is 4.65. The average Bonchev–Trinajstić information content (AvgIpc) is 2.36. The van der Waals surface area contributed by atoms with Gasteiger partial charge >= 0.3 is 0 Å². The fraction of sp³-hybridized carbons (Fsp3) is 0.867. The van der Waals surface area contributed by atoms with Crippen molar-refractivity contribution in [1.82, 2.24) is 0 Å². The van der Waals surface area contributed by atoms with E-state index in [9.17, 15) is 5.11 Å². The maximum Gasteiger partial charge on any atom is 0.117 e. The van der Waals surface area contributed by atoms with Gasteiger partial charge in [0.25, 0.3) is 0 Å². The summed E-state index contributed by atoms with van der Waals surface area (Å²) in [7, 11) is 1.71. The number of ether oxygens (including phenoxy) is 1. The van der Waals surface area contributed by atoms with Gasteiger partial charge in [0.2, 0.25) is 0 Å². The zero-order chi connectivity index (χ0) is 13.1. The minimum Gasteiger partial charge on any atom is -0.389 e. The third kappa shape index (κ3) is 7.41. The van der Waals surface area contributed by atoms with E-state index >= 15 is 0 Å². The van der Waals surface area contributed by atoms with Gasteiger partial charge in [0.1, 0.15) is 6.10 Å². The van der Waals surface area contributed by atoms with Crippen LogP contribution in [0, 0.1) is 11.8 Å². The molecule has 0 aromatic rings. The van der Waals surface area contributed by atoms with Gasteiger partial charge in [-0.05, 0) is 25.7 Å². The van der Waals surface area contributed by atoms with E-state index in [1.54, 1.807) is 7.11 Å². The first kappa shape index (κ1) is 16.5. The van der Waals surface area contributed by atoms with Crippen LogP contribution < -0.4 is 0 Å². The lowest BCUT2D eigenvalue weighted by Crippen LogP contribution is -2.25. The second kappa shape index (κ2) is 9.50. The van der Waals surface area contributed by atoms with Crippen molar-refractivity contribution in [3.63, 3.8) is 0 Å². The molecule has 1 N–H and O–H groups in total. The zero-order valence-electron chi connectivity index (χ0n) is 11.9. The van der Waals surface area contributed by atoms with Crippen LogP contribution in [0.4, 0.5) is 0 Å². The molecular formula is C15H28O2. The predicted octanol–water partition coefficient (Wildman–Crippen LogP) is 3.53. The van der Waals surface area contributed by atoms with Crippen LogP contribution in [-0.4, -0.2) is 23.9 Å². The second-order valence-electron chi connectivity index (χ2n) is 4.65. The molecule has 0 fully saturated rings. The van der Waals surface area contributed by atoms with Gasteiger partial charge < -0.3 is 9.84 Å². The number of methoxy groups -OCH3 is 1. The molecule has 0 aliphatic heterocycles. The highest BCUT2D eigenvalue weighted by atomic mass is 16.5. The van der Waals surface area contributed by atoms with E-state index in [1.807, 2.05) is 13.8 Å². The Labute approximate surface area is 107 Å². The molecule has 0 aromatic carbocycles. The SMILES string of the molecule is CCCCCC(C#CCC(O)(CC)CC)OC. The Morgan fingerprint density at radius 3 is 2.29 bits per heavy atom. The van der Waals surface area contributed by atoms with Gasteiger partial charge in [0.05, 0.1) is 5.60 Å². The summed E-state index contributed by atoms with van der Waals surface area (Å²) in [5.74, 6) is 6.20. The summed E-state index contributed by atoms with van der Waals surface area (Å²) < 4.78 is 5.32. The van der Waals surface area contributed by atoms with Crippen molar-refractivity contribution < 1.29 is 9.84 Å². The average molecular weight is 240 g/mol. The molecule has 0 saturated heterocycles. The molecule has 0 aliphatic rings. The molecule has 0 aromatic heterocycles. The van der Waals surface area contributed by atoms with Gasteiger partial charge in [0.15, 0.2) is 0 Å². The number of hydrogen-bond acceptors (Lipinski definition) is 2. The molecule has 0 amide bonds. The Hall–Kier alpha value is -0.520. The highest BCUT2D eigenvalue weighted by Gasteiger charge is 2.20. The van der Waals surface area contributed by atoms with Crippen LogP contribution in [0.1, 0.15) is 65.7 Å². The van der Waals surface area contributed by atoms with Crippen LogP contribution in [0.5, 0.6) is 0 Å². The van der Waals surface area contributed by atoms with Crippen LogP contribution >= 0.6 is 0 Å². The number of rotatable bonds is 8. The smallest absolute Gasteiger partial charge is 0.117 e. The monoisotopic (exact) mass is 240 g/mol. The Morgan fingerprint density at radius 2 is 1.82 bits per heavy atom. The summed E-state index contributed by atoms with van der Waals surface area (Å²) in [5, 5.41) is 10.1. The molecule has 0 spiro atoms. The highest BCUT2D eigenvalue weighted by molar-refractivity contribution is 5.08. The molecule has 2 nitrogen and oxygen atoms in total. The van der Waals surface area contributed by atoms with Crippen LogP contribution in [0.3, 0.4) is 0 Å². The van der Waals surface area contributed by atoms with Gasteiger partial charge in [-0.25, -0.2) is 0 Å². The molecular weight excluding hydrogens is 212 g/mol. The Bertz CT molecular complexity index is 233.